The fourth-order valence-corrected chi connectivity index (χ4v) is 6.48. The monoisotopic (exact) mass is 612 g/mol. The number of aliphatic hydroxyl groups is 1. The molecule has 5 rings (SSSR count). The summed E-state index contributed by atoms with van der Waals surface area (Å²) in [6, 6.07) is 2.95. The number of alkyl halides is 3. The molecule has 0 saturated carbocycles. The SMILES string of the molecule is CS(=O)(=O)N1CCc2c(c(-c3ccc(C(F)(F)F)c(C(N)=O)c3)nn2CC(O)CN2CCC(c3n[nH]c(=O)[nH]3)CC2)C1. The number of amides is 1. The molecule has 2 aliphatic rings. The van der Waals surface area contributed by atoms with E-state index in [9.17, 15) is 36.3 Å². The van der Waals surface area contributed by atoms with Crippen molar-refractivity contribution in [3.8, 4) is 11.3 Å². The van der Waals surface area contributed by atoms with E-state index in [1.807, 2.05) is 0 Å². The Labute approximate surface area is 238 Å². The first-order valence-electron chi connectivity index (χ1n) is 13.3. The van der Waals surface area contributed by atoms with Crippen molar-refractivity contribution in [2.75, 3.05) is 32.4 Å². The summed E-state index contributed by atoms with van der Waals surface area (Å²) in [4.78, 5) is 28.0. The standard InChI is InChI=1S/C25H31F3N8O5S/c1-42(40,41)35-9-6-20-18(13-35)21(15-2-3-19(25(26,27)28)17(10-15)22(29)38)33-36(20)12-16(37)11-34-7-4-14(5-8-34)23-30-24(39)32-31-23/h2-3,10,14,16,37H,4-9,11-13H2,1H3,(H2,29,38)(H2,30,31,32,39). The largest absolute Gasteiger partial charge is 0.417 e. The topological polar surface area (TPSA) is 183 Å². The molecule has 4 heterocycles. The highest BCUT2D eigenvalue weighted by Gasteiger charge is 2.36. The Kier molecular flexibility index (Phi) is 8.04. The minimum absolute atomic E-state index is 0.0602. The number of β-amino-alcohol motifs (C(OH)–C–C–N with tert-alkyl or cyclic N) is 1. The lowest BCUT2D eigenvalue weighted by Crippen LogP contribution is -2.40. The molecule has 13 nitrogen and oxygen atoms in total. The fraction of sp³-hybridized carbons (Fsp3) is 0.520. The molecule has 3 aromatic rings. The van der Waals surface area contributed by atoms with Crippen molar-refractivity contribution >= 4 is 15.9 Å². The van der Waals surface area contributed by atoms with Crippen molar-refractivity contribution in [3.05, 3.63) is 56.9 Å². The van der Waals surface area contributed by atoms with Gasteiger partial charge in [0.15, 0.2) is 0 Å². The van der Waals surface area contributed by atoms with Crippen molar-refractivity contribution in [2.45, 2.75) is 50.6 Å². The summed E-state index contributed by atoms with van der Waals surface area (Å²) in [6.07, 6.45) is -2.83. The van der Waals surface area contributed by atoms with E-state index in [2.05, 4.69) is 25.2 Å². The summed E-state index contributed by atoms with van der Waals surface area (Å²) in [6.45, 7) is 1.85. The highest BCUT2D eigenvalue weighted by Crippen LogP contribution is 2.36. The molecular weight excluding hydrogens is 581 g/mol. The number of likely N-dealkylation sites (tertiary alicyclic amines) is 1. The first-order valence-corrected chi connectivity index (χ1v) is 15.2. The molecule has 1 atom stereocenters. The van der Waals surface area contributed by atoms with Crippen molar-refractivity contribution in [1.82, 2.24) is 34.2 Å². The lowest BCUT2D eigenvalue weighted by atomic mass is 9.96. The molecule has 0 bridgehead atoms. The van der Waals surface area contributed by atoms with Gasteiger partial charge in [-0.1, -0.05) is 6.07 Å². The van der Waals surface area contributed by atoms with Gasteiger partial charge >= 0.3 is 11.9 Å². The molecule has 1 unspecified atom stereocenters. The Morgan fingerprint density at radius 2 is 1.93 bits per heavy atom. The molecule has 1 fully saturated rings. The van der Waals surface area contributed by atoms with Crippen molar-refractivity contribution in [1.29, 1.82) is 0 Å². The number of primary amides is 1. The third-order valence-electron chi connectivity index (χ3n) is 7.78. The molecule has 1 amide bonds. The quantitative estimate of drug-likeness (QED) is 0.286. The molecule has 5 N–H and O–H groups in total. The summed E-state index contributed by atoms with van der Waals surface area (Å²) >= 11 is 0. The van der Waals surface area contributed by atoms with Crippen LogP contribution < -0.4 is 11.4 Å². The summed E-state index contributed by atoms with van der Waals surface area (Å²) in [7, 11) is -3.58. The van der Waals surface area contributed by atoms with E-state index in [1.165, 1.54) is 10.4 Å². The molecule has 2 aromatic heterocycles. The summed E-state index contributed by atoms with van der Waals surface area (Å²) in [5, 5.41) is 22.0. The first kappa shape index (κ1) is 29.9. The number of aliphatic hydroxyl groups excluding tert-OH is 1. The lowest BCUT2D eigenvalue weighted by molar-refractivity contribution is -0.137. The maximum atomic E-state index is 13.5. The zero-order valence-corrected chi connectivity index (χ0v) is 23.5. The highest BCUT2D eigenvalue weighted by atomic mass is 32.2. The van der Waals surface area contributed by atoms with Crippen LogP contribution in [0.1, 0.15) is 51.8 Å². The smallest absolute Gasteiger partial charge is 0.390 e. The number of carbonyl (C=O) groups is 1. The minimum Gasteiger partial charge on any atom is -0.390 e. The Bertz CT molecular complexity index is 1640. The van der Waals surface area contributed by atoms with Crippen LogP contribution in [0.2, 0.25) is 0 Å². The molecule has 0 aliphatic carbocycles. The number of nitrogens with zero attached hydrogens (tertiary/aromatic N) is 5. The van der Waals surface area contributed by atoms with Gasteiger partial charge in [0.05, 0.1) is 35.7 Å². The van der Waals surface area contributed by atoms with E-state index in [0.717, 1.165) is 31.2 Å². The first-order chi connectivity index (χ1) is 19.7. The Hall–Kier alpha value is -3.54. The number of nitrogens with two attached hydrogens (primary N) is 1. The van der Waals surface area contributed by atoms with Crippen LogP contribution in [0.5, 0.6) is 0 Å². The molecule has 17 heteroatoms. The second-order valence-corrected chi connectivity index (χ2v) is 12.7. The fourth-order valence-electron chi connectivity index (χ4n) is 5.70. The van der Waals surface area contributed by atoms with E-state index in [-0.39, 0.29) is 48.9 Å². The molecule has 1 saturated heterocycles. The van der Waals surface area contributed by atoms with Crippen LogP contribution >= 0.6 is 0 Å². The van der Waals surface area contributed by atoms with Gasteiger partial charge in [-0.3, -0.25) is 14.5 Å². The van der Waals surface area contributed by atoms with Crippen LogP contribution in [0.3, 0.4) is 0 Å². The van der Waals surface area contributed by atoms with Gasteiger partial charge in [-0.2, -0.15) is 27.7 Å². The summed E-state index contributed by atoms with van der Waals surface area (Å²) in [5.74, 6) is -0.542. The van der Waals surface area contributed by atoms with Crippen LogP contribution in [0, 0.1) is 0 Å². The van der Waals surface area contributed by atoms with Crippen LogP contribution in [0.4, 0.5) is 13.2 Å². The minimum atomic E-state index is -4.80. The average molecular weight is 613 g/mol. The van der Waals surface area contributed by atoms with Gasteiger partial charge in [0.25, 0.3) is 0 Å². The van der Waals surface area contributed by atoms with Gasteiger partial charge in [0.1, 0.15) is 5.82 Å². The third-order valence-corrected chi connectivity index (χ3v) is 9.03. The molecule has 2 aliphatic heterocycles. The number of nitrogens with one attached hydrogen (secondary N) is 2. The van der Waals surface area contributed by atoms with Crippen LogP contribution in [0.25, 0.3) is 11.3 Å². The number of benzene rings is 1. The van der Waals surface area contributed by atoms with E-state index < -0.39 is 39.3 Å². The predicted octanol–water partition coefficient (Wildman–Crippen LogP) is 0.637. The molecule has 42 heavy (non-hydrogen) atoms. The number of aromatic amines is 2. The summed E-state index contributed by atoms with van der Waals surface area (Å²) < 4.78 is 67.9. The highest BCUT2D eigenvalue weighted by molar-refractivity contribution is 7.88. The van der Waals surface area contributed by atoms with Gasteiger partial charge in [-0.05, 0) is 38.1 Å². The number of aromatic nitrogens is 5. The van der Waals surface area contributed by atoms with E-state index in [4.69, 9.17) is 5.73 Å². The molecule has 228 valence electrons. The average Bonchev–Trinajstić information content (AvgIpc) is 3.51. The van der Waals surface area contributed by atoms with E-state index >= 15 is 0 Å². The number of piperidine rings is 1. The second-order valence-electron chi connectivity index (χ2n) is 10.7. The number of hydrogen-bond donors (Lipinski definition) is 4. The number of sulfonamides is 1. The maximum Gasteiger partial charge on any atom is 0.417 e. The van der Waals surface area contributed by atoms with E-state index in [1.54, 1.807) is 4.68 Å². The van der Waals surface area contributed by atoms with Gasteiger partial charge in [-0.25, -0.2) is 18.3 Å². The van der Waals surface area contributed by atoms with Crippen molar-refractivity contribution < 1.29 is 31.5 Å². The number of hydrogen-bond acceptors (Lipinski definition) is 8. The predicted molar refractivity (Wildman–Crippen MR) is 144 cm³/mol. The third kappa shape index (κ3) is 6.28. The zero-order valence-electron chi connectivity index (χ0n) is 22.7. The molecule has 0 radical (unpaired) electrons. The summed E-state index contributed by atoms with van der Waals surface area (Å²) in [5.41, 5.74) is 4.55. The molecular formula is C25H31F3N8O5S. The normalized spacial score (nSPS) is 18.2. The van der Waals surface area contributed by atoms with Gasteiger partial charge in [0.2, 0.25) is 15.9 Å². The Morgan fingerprint density at radius 1 is 1.21 bits per heavy atom. The van der Waals surface area contributed by atoms with Crippen LogP contribution in [-0.4, -0.2) is 92.1 Å². The Morgan fingerprint density at radius 3 is 2.52 bits per heavy atom. The number of carbonyl (C=O) groups excluding carboxylic acids is 1. The second kappa shape index (κ2) is 11.3. The van der Waals surface area contributed by atoms with Crippen LogP contribution in [0.15, 0.2) is 23.0 Å². The lowest BCUT2D eigenvalue weighted by Gasteiger charge is -2.32. The van der Waals surface area contributed by atoms with Crippen molar-refractivity contribution in [3.63, 3.8) is 0 Å². The number of rotatable bonds is 8. The number of H-pyrrole nitrogens is 2. The van der Waals surface area contributed by atoms with Gasteiger partial charge < -0.3 is 15.7 Å². The Balaban J connectivity index is 1.39. The van der Waals surface area contributed by atoms with Crippen molar-refractivity contribution in [2.24, 2.45) is 5.73 Å². The molecule has 1 aromatic carbocycles. The van der Waals surface area contributed by atoms with Gasteiger partial charge in [0, 0.05) is 48.8 Å². The number of halogens is 3. The zero-order chi connectivity index (χ0) is 30.4. The van der Waals surface area contributed by atoms with Crippen LogP contribution in [-0.2, 0) is 35.7 Å². The van der Waals surface area contributed by atoms with Gasteiger partial charge in [-0.15, -0.1) is 0 Å². The van der Waals surface area contributed by atoms with E-state index in [0.29, 0.717) is 36.7 Å². The molecule has 0 spiro atoms. The maximum absolute atomic E-state index is 13.5. The number of fused-ring (bicyclic) bond motifs is 1.